The molecule has 11 nitrogen and oxygen atoms in total. The number of ether oxygens (including phenoxy) is 2. The molecular formula is C25H27FN8O3. The van der Waals surface area contributed by atoms with Gasteiger partial charge in [-0.25, -0.2) is 19.4 Å². The lowest BCUT2D eigenvalue weighted by Gasteiger charge is -2.22. The van der Waals surface area contributed by atoms with Crippen molar-refractivity contribution in [1.82, 2.24) is 29.3 Å². The lowest BCUT2D eigenvalue weighted by molar-refractivity contribution is 0.274. The number of aliphatic hydroxyl groups is 1. The van der Waals surface area contributed by atoms with Gasteiger partial charge in [0.1, 0.15) is 17.3 Å². The summed E-state index contributed by atoms with van der Waals surface area (Å²) in [5.74, 6) is 0.678. The number of hydrogen-bond donors (Lipinski definition) is 1. The summed E-state index contributed by atoms with van der Waals surface area (Å²) < 4.78 is 29.5. The smallest absolute Gasteiger partial charge is 0.188 e. The molecule has 4 aromatic rings. The molecule has 12 heteroatoms. The van der Waals surface area contributed by atoms with Crippen molar-refractivity contribution < 1.29 is 19.0 Å². The van der Waals surface area contributed by atoms with Gasteiger partial charge in [0.15, 0.2) is 17.4 Å². The SMILES string of the molecule is C=Cc1ncc(-c2cnn(C)c2)nc1/N=C/N(Cc1nccn1CCO)c1cc(OC)cc(OC)c1F. The molecule has 37 heavy (non-hydrogen) atoms. The first kappa shape index (κ1) is 25.5. The molecule has 4 rings (SSSR count). The fourth-order valence-corrected chi connectivity index (χ4v) is 3.62. The van der Waals surface area contributed by atoms with Crippen molar-refractivity contribution in [3.8, 4) is 22.8 Å². The highest BCUT2D eigenvalue weighted by Gasteiger charge is 2.19. The molecule has 192 valence electrons. The molecule has 0 aliphatic rings. The summed E-state index contributed by atoms with van der Waals surface area (Å²) in [5, 5.41) is 13.6. The van der Waals surface area contributed by atoms with Crippen LogP contribution in [0, 0.1) is 5.82 Å². The number of aryl methyl sites for hydroxylation is 1. The van der Waals surface area contributed by atoms with Crippen LogP contribution in [-0.2, 0) is 20.1 Å². The number of aromatic nitrogens is 6. The highest BCUT2D eigenvalue weighted by molar-refractivity contribution is 5.83. The molecule has 0 bridgehead atoms. The van der Waals surface area contributed by atoms with E-state index < -0.39 is 5.82 Å². The third kappa shape index (κ3) is 5.64. The maximum absolute atomic E-state index is 15.5. The number of benzene rings is 1. The molecule has 3 aromatic heterocycles. The number of aliphatic imine (C=N–C) groups is 1. The molecule has 1 aromatic carbocycles. The van der Waals surface area contributed by atoms with E-state index in [2.05, 4.69) is 31.6 Å². The van der Waals surface area contributed by atoms with Crippen LogP contribution in [0.1, 0.15) is 11.5 Å². The van der Waals surface area contributed by atoms with Crippen LogP contribution in [0.25, 0.3) is 17.3 Å². The molecule has 0 atom stereocenters. The van der Waals surface area contributed by atoms with Gasteiger partial charge in [0, 0.05) is 49.9 Å². The standard InChI is InChI=1S/C25H27FN8O3/c1-5-19-25(31-20(13-28-19)17-12-30-32(2)14-17)29-16-34(15-23-27-6-7-33(23)8-9-35)21-10-18(36-3)11-22(37-4)24(21)26/h5-7,10-14,16,35H,1,8-9,15H2,2-4H3/b29-16+. The molecule has 0 unspecified atom stereocenters. The van der Waals surface area contributed by atoms with Crippen molar-refractivity contribution >= 4 is 23.9 Å². The van der Waals surface area contributed by atoms with Crippen LogP contribution < -0.4 is 14.4 Å². The fraction of sp³-hybridized carbons (Fsp3) is 0.240. The van der Waals surface area contributed by atoms with Crippen molar-refractivity contribution in [3.63, 3.8) is 0 Å². The van der Waals surface area contributed by atoms with E-state index in [1.807, 2.05) is 13.2 Å². The molecule has 1 N–H and O–H groups in total. The monoisotopic (exact) mass is 506 g/mol. The Bertz CT molecular complexity index is 1410. The van der Waals surface area contributed by atoms with E-state index >= 15 is 4.39 Å². The summed E-state index contributed by atoms with van der Waals surface area (Å²) in [6.07, 6.45) is 11.4. The largest absolute Gasteiger partial charge is 0.497 e. The molecule has 0 fully saturated rings. The zero-order valence-corrected chi connectivity index (χ0v) is 20.7. The number of nitrogens with zero attached hydrogens (tertiary/aromatic N) is 8. The topological polar surface area (TPSA) is 116 Å². The van der Waals surface area contributed by atoms with E-state index in [0.717, 1.165) is 5.56 Å². The summed E-state index contributed by atoms with van der Waals surface area (Å²) in [7, 11) is 4.67. The quantitative estimate of drug-likeness (QED) is 0.244. The second-order valence-corrected chi connectivity index (χ2v) is 7.87. The Balaban J connectivity index is 1.79. The van der Waals surface area contributed by atoms with E-state index in [1.165, 1.54) is 32.7 Å². The Morgan fingerprint density at radius 2 is 2.05 bits per heavy atom. The number of aliphatic hydroxyl groups excluding tert-OH is 1. The molecule has 0 spiro atoms. The molecular weight excluding hydrogens is 479 g/mol. The summed E-state index contributed by atoms with van der Waals surface area (Å²) >= 11 is 0. The summed E-state index contributed by atoms with van der Waals surface area (Å²) in [4.78, 5) is 19.5. The predicted molar refractivity (Wildman–Crippen MR) is 137 cm³/mol. The van der Waals surface area contributed by atoms with E-state index in [4.69, 9.17) is 9.47 Å². The van der Waals surface area contributed by atoms with Gasteiger partial charge >= 0.3 is 0 Å². The number of rotatable bonds is 11. The fourth-order valence-electron chi connectivity index (χ4n) is 3.62. The number of methoxy groups -OCH3 is 2. The zero-order chi connectivity index (χ0) is 26.4. The number of halogens is 1. The maximum atomic E-state index is 15.5. The van der Waals surface area contributed by atoms with Crippen molar-refractivity contribution in [2.24, 2.45) is 12.0 Å². The van der Waals surface area contributed by atoms with Crippen LogP contribution in [0.4, 0.5) is 15.9 Å². The first-order valence-electron chi connectivity index (χ1n) is 11.3. The van der Waals surface area contributed by atoms with Crippen LogP contribution in [0.5, 0.6) is 11.5 Å². The molecule has 0 amide bonds. The Labute approximate surface area is 213 Å². The van der Waals surface area contributed by atoms with Crippen LogP contribution in [-0.4, -0.2) is 61.6 Å². The van der Waals surface area contributed by atoms with Gasteiger partial charge in [-0.3, -0.25) is 9.67 Å². The average molecular weight is 507 g/mol. The second kappa shape index (κ2) is 11.4. The van der Waals surface area contributed by atoms with Crippen molar-refractivity contribution in [2.45, 2.75) is 13.1 Å². The van der Waals surface area contributed by atoms with Gasteiger partial charge in [0.05, 0.1) is 57.5 Å². The van der Waals surface area contributed by atoms with Gasteiger partial charge in [-0.15, -0.1) is 0 Å². The number of hydrogen-bond acceptors (Lipinski definition) is 8. The molecule has 0 saturated heterocycles. The Hall–Kier alpha value is -4.58. The Morgan fingerprint density at radius 3 is 2.73 bits per heavy atom. The van der Waals surface area contributed by atoms with E-state index in [0.29, 0.717) is 29.5 Å². The van der Waals surface area contributed by atoms with Crippen LogP contribution in [0.2, 0.25) is 0 Å². The lowest BCUT2D eigenvalue weighted by atomic mass is 10.2. The van der Waals surface area contributed by atoms with Gasteiger partial charge in [-0.05, 0) is 6.08 Å². The minimum atomic E-state index is -0.603. The molecule has 0 radical (unpaired) electrons. The Kier molecular flexibility index (Phi) is 7.89. The molecule has 3 heterocycles. The Morgan fingerprint density at radius 1 is 1.22 bits per heavy atom. The minimum absolute atomic E-state index is 0.0107. The zero-order valence-electron chi connectivity index (χ0n) is 20.7. The van der Waals surface area contributed by atoms with Crippen molar-refractivity contribution in [2.75, 3.05) is 25.7 Å². The van der Waals surface area contributed by atoms with Gasteiger partial charge in [-0.1, -0.05) is 6.58 Å². The van der Waals surface area contributed by atoms with Crippen LogP contribution >= 0.6 is 0 Å². The van der Waals surface area contributed by atoms with Crippen LogP contribution in [0.15, 0.2) is 54.7 Å². The molecule has 0 saturated carbocycles. The van der Waals surface area contributed by atoms with Crippen LogP contribution in [0.3, 0.4) is 0 Å². The van der Waals surface area contributed by atoms with E-state index in [9.17, 15) is 5.11 Å². The molecule has 0 aliphatic heterocycles. The first-order valence-corrected chi connectivity index (χ1v) is 11.3. The van der Waals surface area contributed by atoms with E-state index in [-0.39, 0.29) is 30.4 Å². The lowest BCUT2D eigenvalue weighted by Crippen LogP contribution is -2.24. The summed E-state index contributed by atoms with van der Waals surface area (Å²) in [5.41, 5.74) is 1.95. The third-order valence-electron chi connectivity index (χ3n) is 5.51. The number of imidazole rings is 1. The normalized spacial score (nSPS) is 11.2. The minimum Gasteiger partial charge on any atom is -0.497 e. The highest BCUT2D eigenvalue weighted by Crippen LogP contribution is 2.33. The predicted octanol–water partition coefficient (Wildman–Crippen LogP) is 3.23. The second-order valence-electron chi connectivity index (χ2n) is 7.87. The van der Waals surface area contributed by atoms with Crippen molar-refractivity contribution in [1.29, 1.82) is 0 Å². The van der Waals surface area contributed by atoms with Gasteiger partial charge in [-0.2, -0.15) is 5.10 Å². The number of anilines is 1. The molecule has 0 aliphatic carbocycles. The van der Waals surface area contributed by atoms with Gasteiger partial charge in [0.25, 0.3) is 0 Å². The average Bonchev–Trinajstić information content (AvgIpc) is 3.55. The third-order valence-corrected chi connectivity index (χ3v) is 5.51. The van der Waals surface area contributed by atoms with Crippen molar-refractivity contribution in [3.05, 3.63) is 67.0 Å². The van der Waals surface area contributed by atoms with Gasteiger partial charge < -0.3 is 24.0 Å². The first-order chi connectivity index (χ1) is 18.0. The summed E-state index contributed by atoms with van der Waals surface area (Å²) in [6.45, 7) is 4.19. The van der Waals surface area contributed by atoms with Gasteiger partial charge in [0.2, 0.25) is 0 Å². The summed E-state index contributed by atoms with van der Waals surface area (Å²) in [6, 6.07) is 2.99. The maximum Gasteiger partial charge on any atom is 0.188 e. The van der Waals surface area contributed by atoms with E-state index in [1.54, 1.807) is 45.0 Å². The highest BCUT2D eigenvalue weighted by atomic mass is 19.1.